The van der Waals surface area contributed by atoms with Crippen LogP contribution in [0.1, 0.15) is 0 Å². The van der Waals surface area contributed by atoms with Crippen molar-refractivity contribution in [2.45, 2.75) is 4.90 Å². The Morgan fingerprint density at radius 2 is 1.45 bits per heavy atom. The highest BCUT2D eigenvalue weighted by Gasteiger charge is 2.19. The van der Waals surface area contributed by atoms with Gasteiger partial charge >= 0.3 is 0 Å². The smallest absolute Gasteiger partial charge is 0.265 e. The van der Waals surface area contributed by atoms with E-state index in [0.29, 0.717) is 17.2 Å². The lowest BCUT2D eigenvalue weighted by Gasteiger charge is -2.13. The van der Waals surface area contributed by atoms with E-state index in [2.05, 4.69) is 4.72 Å². The fourth-order valence-electron chi connectivity index (χ4n) is 1.95. The van der Waals surface area contributed by atoms with E-state index in [-0.39, 0.29) is 10.6 Å². The SMILES string of the molecule is COc1ccc(NS(=O)(=O)c2ccccc2OC)cc1OC. The highest BCUT2D eigenvalue weighted by atomic mass is 32.2. The molecule has 22 heavy (non-hydrogen) atoms. The monoisotopic (exact) mass is 323 g/mol. The number of sulfonamides is 1. The molecule has 0 saturated heterocycles. The van der Waals surface area contributed by atoms with Crippen LogP contribution in [0.4, 0.5) is 5.69 Å². The van der Waals surface area contributed by atoms with Crippen LogP contribution in [-0.2, 0) is 10.0 Å². The van der Waals surface area contributed by atoms with Gasteiger partial charge in [-0.25, -0.2) is 8.42 Å². The lowest BCUT2D eigenvalue weighted by atomic mass is 10.3. The third-order valence-electron chi connectivity index (χ3n) is 2.99. The first-order chi connectivity index (χ1) is 10.5. The van der Waals surface area contributed by atoms with E-state index in [1.807, 2.05) is 0 Å². The zero-order chi connectivity index (χ0) is 16.2. The van der Waals surface area contributed by atoms with Crippen molar-refractivity contribution in [3.8, 4) is 17.2 Å². The molecule has 0 unspecified atom stereocenters. The second-order valence-corrected chi connectivity index (χ2v) is 5.98. The van der Waals surface area contributed by atoms with Crippen LogP contribution in [0.3, 0.4) is 0 Å². The normalized spacial score (nSPS) is 10.9. The lowest BCUT2D eigenvalue weighted by molar-refractivity contribution is 0.355. The van der Waals surface area contributed by atoms with E-state index in [0.717, 1.165) is 0 Å². The number of rotatable bonds is 6. The lowest BCUT2D eigenvalue weighted by Crippen LogP contribution is -2.14. The molecule has 0 aliphatic heterocycles. The van der Waals surface area contributed by atoms with Crippen LogP contribution in [0.5, 0.6) is 17.2 Å². The van der Waals surface area contributed by atoms with E-state index in [1.54, 1.807) is 36.4 Å². The molecule has 0 saturated carbocycles. The van der Waals surface area contributed by atoms with Gasteiger partial charge in [-0.3, -0.25) is 4.72 Å². The molecule has 1 N–H and O–H groups in total. The Morgan fingerprint density at radius 3 is 2.09 bits per heavy atom. The van der Waals surface area contributed by atoms with Crippen LogP contribution in [0.2, 0.25) is 0 Å². The van der Waals surface area contributed by atoms with E-state index >= 15 is 0 Å². The molecule has 2 aromatic carbocycles. The van der Waals surface area contributed by atoms with Crippen molar-refractivity contribution in [2.24, 2.45) is 0 Å². The average molecular weight is 323 g/mol. The Kier molecular flexibility index (Phi) is 4.77. The summed E-state index contributed by atoms with van der Waals surface area (Å²) in [6, 6.07) is 11.2. The summed E-state index contributed by atoms with van der Waals surface area (Å²) in [7, 11) is 0.642. The summed E-state index contributed by atoms with van der Waals surface area (Å²) in [6.07, 6.45) is 0. The van der Waals surface area contributed by atoms with Gasteiger partial charge in [-0.1, -0.05) is 12.1 Å². The fourth-order valence-corrected chi connectivity index (χ4v) is 3.17. The van der Waals surface area contributed by atoms with Gasteiger partial charge in [0.25, 0.3) is 10.0 Å². The van der Waals surface area contributed by atoms with Crippen molar-refractivity contribution in [1.82, 2.24) is 0 Å². The first-order valence-electron chi connectivity index (χ1n) is 6.39. The Morgan fingerprint density at radius 1 is 0.818 bits per heavy atom. The Hall–Kier alpha value is -2.41. The molecule has 0 spiro atoms. The van der Waals surface area contributed by atoms with Crippen LogP contribution >= 0.6 is 0 Å². The molecule has 0 aliphatic rings. The highest BCUT2D eigenvalue weighted by molar-refractivity contribution is 7.92. The molecule has 0 aliphatic carbocycles. The number of anilines is 1. The quantitative estimate of drug-likeness (QED) is 0.884. The number of para-hydroxylation sites is 1. The maximum Gasteiger partial charge on any atom is 0.265 e. The maximum absolute atomic E-state index is 12.5. The van der Waals surface area contributed by atoms with Gasteiger partial charge in [0.2, 0.25) is 0 Å². The Balaban J connectivity index is 2.37. The molecule has 0 atom stereocenters. The summed E-state index contributed by atoms with van der Waals surface area (Å²) in [6.45, 7) is 0. The molecule has 118 valence electrons. The summed E-state index contributed by atoms with van der Waals surface area (Å²) in [5.74, 6) is 1.22. The molecule has 0 radical (unpaired) electrons. The van der Waals surface area contributed by atoms with E-state index in [4.69, 9.17) is 14.2 Å². The van der Waals surface area contributed by atoms with Crippen molar-refractivity contribution >= 4 is 15.7 Å². The van der Waals surface area contributed by atoms with Gasteiger partial charge in [-0.15, -0.1) is 0 Å². The van der Waals surface area contributed by atoms with Crippen LogP contribution in [0.15, 0.2) is 47.4 Å². The zero-order valence-electron chi connectivity index (χ0n) is 12.5. The minimum Gasteiger partial charge on any atom is -0.495 e. The molecule has 0 bridgehead atoms. The Bertz CT molecular complexity index is 758. The van der Waals surface area contributed by atoms with E-state index in [9.17, 15) is 8.42 Å². The number of ether oxygens (including phenoxy) is 3. The van der Waals surface area contributed by atoms with Gasteiger partial charge in [-0.2, -0.15) is 0 Å². The molecule has 0 aromatic heterocycles. The van der Waals surface area contributed by atoms with Crippen LogP contribution in [0.25, 0.3) is 0 Å². The first-order valence-corrected chi connectivity index (χ1v) is 7.88. The fraction of sp³-hybridized carbons (Fsp3) is 0.200. The number of benzene rings is 2. The molecular formula is C15H17NO5S. The van der Waals surface area contributed by atoms with Gasteiger partial charge < -0.3 is 14.2 Å². The summed E-state index contributed by atoms with van der Waals surface area (Å²) < 4.78 is 42.8. The predicted molar refractivity (Wildman–Crippen MR) is 83.3 cm³/mol. The van der Waals surface area contributed by atoms with Crippen molar-refractivity contribution in [1.29, 1.82) is 0 Å². The van der Waals surface area contributed by atoms with Crippen LogP contribution < -0.4 is 18.9 Å². The number of methoxy groups -OCH3 is 3. The van der Waals surface area contributed by atoms with Gasteiger partial charge in [0.1, 0.15) is 10.6 Å². The average Bonchev–Trinajstić information content (AvgIpc) is 2.54. The van der Waals surface area contributed by atoms with Crippen molar-refractivity contribution < 1.29 is 22.6 Å². The number of hydrogen-bond donors (Lipinski definition) is 1. The molecule has 7 heteroatoms. The molecule has 0 fully saturated rings. The maximum atomic E-state index is 12.5. The largest absolute Gasteiger partial charge is 0.495 e. The molecule has 6 nitrogen and oxygen atoms in total. The first kappa shape index (κ1) is 16.0. The minimum atomic E-state index is -3.77. The molecule has 2 rings (SSSR count). The standard InChI is InChI=1S/C15H17NO5S/c1-19-12-9-8-11(10-14(12)21-3)16-22(17,18)15-7-5-4-6-13(15)20-2/h4-10,16H,1-3H3. The number of nitrogens with one attached hydrogen (secondary N) is 1. The summed E-state index contributed by atoms with van der Waals surface area (Å²) >= 11 is 0. The minimum absolute atomic E-state index is 0.0623. The van der Waals surface area contributed by atoms with Crippen LogP contribution in [-0.4, -0.2) is 29.7 Å². The Labute approximate surface area is 129 Å². The molecule has 0 heterocycles. The van der Waals surface area contributed by atoms with Crippen LogP contribution in [0, 0.1) is 0 Å². The summed E-state index contributed by atoms with van der Waals surface area (Å²) in [5.41, 5.74) is 0.364. The third kappa shape index (κ3) is 3.25. The molecular weight excluding hydrogens is 306 g/mol. The van der Waals surface area contributed by atoms with E-state index in [1.165, 1.54) is 27.4 Å². The topological polar surface area (TPSA) is 73.9 Å². The van der Waals surface area contributed by atoms with Gasteiger partial charge in [0, 0.05) is 6.07 Å². The summed E-state index contributed by atoms with van der Waals surface area (Å²) in [5, 5.41) is 0. The highest BCUT2D eigenvalue weighted by Crippen LogP contribution is 2.31. The molecule has 0 amide bonds. The van der Waals surface area contributed by atoms with Gasteiger partial charge in [0.15, 0.2) is 11.5 Å². The van der Waals surface area contributed by atoms with E-state index < -0.39 is 10.0 Å². The molecule has 2 aromatic rings. The van der Waals surface area contributed by atoms with Crippen molar-refractivity contribution in [3.05, 3.63) is 42.5 Å². The summed E-state index contributed by atoms with van der Waals surface area (Å²) in [4.78, 5) is 0.0623. The predicted octanol–water partition coefficient (Wildman–Crippen LogP) is 2.51. The third-order valence-corrected chi connectivity index (χ3v) is 4.42. The number of hydrogen-bond acceptors (Lipinski definition) is 5. The zero-order valence-corrected chi connectivity index (χ0v) is 13.3. The van der Waals surface area contributed by atoms with Crippen molar-refractivity contribution in [3.63, 3.8) is 0 Å². The van der Waals surface area contributed by atoms with Gasteiger partial charge in [0.05, 0.1) is 27.0 Å². The van der Waals surface area contributed by atoms with Crippen molar-refractivity contribution in [2.75, 3.05) is 26.1 Å². The van der Waals surface area contributed by atoms with Gasteiger partial charge in [-0.05, 0) is 24.3 Å². The second kappa shape index (κ2) is 6.57. The second-order valence-electron chi connectivity index (χ2n) is 4.33.